The summed E-state index contributed by atoms with van der Waals surface area (Å²) in [4.78, 5) is 1.69. The maximum absolute atomic E-state index is 11.0. The zero-order chi connectivity index (χ0) is 30.7. The Morgan fingerprint density at radius 2 is 1.88 bits per heavy atom. The number of aromatic nitrogens is 5. The van der Waals surface area contributed by atoms with E-state index in [0.29, 0.717) is 31.7 Å². The second kappa shape index (κ2) is 13.1. The highest BCUT2D eigenvalue weighted by molar-refractivity contribution is 7.85. The average molecular weight is 622 g/mol. The third-order valence-corrected chi connectivity index (χ3v) is 13.7. The quantitative estimate of drug-likeness (QED) is 0.133. The first kappa shape index (κ1) is 32.6. The summed E-state index contributed by atoms with van der Waals surface area (Å²) in [6, 6.07) is 6.18. The number of fused-ring (bicyclic) bond motifs is 1. The van der Waals surface area contributed by atoms with Gasteiger partial charge in [-0.25, -0.2) is 4.68 Å². The predicted octanol–water partition coefficient (Wildman–Crippen LogP) is 6.26. The summed E-state index contributed by atoms with van der Waals surface area (Å²) in [5.74, 6) is 0.408. The molecular formula is C29H47N5O6SSi. The highest BCUT2D eigenvalue weighted by atomic mass is 32.2. The van der Waals surface area contributed by atoms with E-state index < -0.39 is 18.4 Å². The van der Waals surface area contributed by atoms with Crippen molar-refractivity contribution in [3.8, 4) is 17.1 Å². The van der Waals surface area contributed by atoms with Gasteiger partial charge < -0.3 is 13.9 Å². The van der Waals surface area contributed by atoms with Crippen molar-refractivity contribution >= 4 is 29.3 Å². The molecule has 2 aromatic heterocycles. The van der Waals surface area contributed by atoms with Crippen LogP contribution in [-0.4, -0.2) is 71.6 Å². The number of ether oxygens (including phenoxy) is 2. The average Bonchev–Trinajstić information content (AvgIpc) is 3.52. The molecular weight excluding hydrogens is 575 g/mol. The molecule has 1 aromatic carbocycles. The van der Waals surface area contributed by atoms with E-state index in [1.54, 1.807) is 17.9 Å². The third-order valence-electron chi connectivity index (χ3n) is 8.36. The monoisotopic (exact) mass is 621 g/mol. The highest BCUT2D eigenvalue weighted by Gasteiger charge is 2.39. The molecule has 4 rings (SSSR count). The number of hydrogen-bond donors (Lipinski definition) is 1. The fraction of sp³-hybridized carbons (Fsp3) is 0.690. The van der Waals surface area contributed by atoms with Crippen molar-refractivity contribution in [2.45, 2.75) is 97.1 Å². The van der Waals surface area contributed by atoms with Crippen molar-refractivity contribution in [2.75, 3.05) is 25.6 Å². The van der Waals surface area contributed by atoms with Crippen LogP contribution in [0.3, 0.4) is 0 Å². The molecule has 0 bridgehead atoms. The Labute approximate surface area is 250 Å². The highest BCUT2D eigenvalue weighted by Crippen LogP contribution is 2.39. The minimum Gasteiger partial charge on any atom is -0.543 e. The molecule has 42 heavy (non-hydrogen) atoms. The molecule has 3 atom stereocenters. The molecule has 1 fully saturated rings. The van der Waals surface area contributed by atoms with Crippen molar-refractivity contribution in [3.63, 3.8) is 0 Å². The van der Waals surface area contributed by atoms with Crippen molar-refractivity contribution < 1.29 is 26.9 Å². The molecule has 1 unspecified atom stereocenters. The van der Waals surface area contributed by atoms with Gasteiger partial charge in [-0.15, -0.1) is 0 Å². The Morgan fingerprint density at radius 3 is 2.55 bits per heavy atom. The molecule has 1 aliphatic heterocycles. The van der Waals surface area contributed by atoms with Crippen LogP contribution in [0.15, 0.2) is 24.4 Å². The Balaban J connectivity index is 1.51. The summed E-state index contributed by atoms with van der Waals surface area (Å²) in [6.07, 6.45) is 5.96. The zero-order valence-corrected chi connectivity index (χ0v) is 27.9. The van der Waals surface area contributed by atoms with Gasteiger partial charge in [-0.3, -0.25) is 4.55 Å². The molecule has 3 heterocycles. The minimum atomic E-state index is -3.97. The van der Waals surface area contributed by atoms with Gasteiger partial charge in [0.25, 0.3) is 10.1 Å². The second-order valence-corrected chi connectivity index (χ2v) is 19.3. The van der Waals surface area contributed by atoms with Crippen LogP contribution in [0.4, 0.5) is 0 Å². The zero-order valence-electron chi connectivity index (χ0n) is 26.0. The summed E-state index contributed by atoms with van der Waals surface area (Å²) >= 11 is 0. The van der Waals surface area contributed by atoms with Gasteiger partial charge in [0.2, 0.25) is 8.32 Å². The van der Waals surface area contributed by atoms with Gasteiger partial charge in [0, 0.05) is 25.2 Å². The maximum Gasteiger partial charge on any atom is 0.265 e. The van der Waals surface area contributed by atoms with E-state index in [0.717, 1.165) is 48.2 Å². The van der Waals surface area contributed by atoms with Gasteiger partial charge in [0.05, 0.1) is 23.5 Å². The first-order chi connectivity index (χ1) is 19.6. The Hall–Kier alpha value is -2.32. The largest absolute Gasteiger partial charge is 0.543 e. The first-order valence-electron chi connectivity index (χ1n) is 14.9. The van der Waals surface area contributed by atoms with Crippen molar-refractivity contribution in [1.82, 2.24) is 24.8 Å². The van der Waals surface area contributed by atoms with Crippen LogP contribution in [0.25, 0.3) is 22.3 Å². The third kappa shape index (κ3) is 8.19. The van der Waals surface area contributed by atoms with E-state index in [9.17, 15) is 8.42 Å². The van der Waals surface area contributed by atoms with Gasteiger partial charge >= 0.3 is 0 Å². The number of hydrogen-bond acceptors (Lipinski definition) is 8. The van der Waals surface area contributed by atoms with Crippen LogP contribution in [0.5, 0.6) is 5.75 Å². The van der Waals surface area contributed by atoms with Crippen LogP contribution in [-0.2, 0) is 19.6 Å². The number of rotatable bonds is 13. The van der Waals surface area contributed by atoms with E-state index >= 15 is 0 Å². The van der Waals surface area contributed by atoms with Gasteiger partial charge in [0.1, 0.15) is 17.1 Å². The van der Waals surface area contributed by atoms with Crippen molar-refractivity contribution in [1.29, 1.82) is 0 Å². The molecule has 0 radical (unpaired) electrons. The molecule has 1 saturated heterocycles. The van der Waals surface area contributed by atoms with Crippen LogP contribution < -0.4 is 4.43 Å². The molecule has 1 N–H and O–H groups in total. The van der Waals surface area contributed by atoms with Crippen LogP contribution in [0, 0.1) is 5.92 Å². The first-order valence-corrected chi connectivity index (χ1v) is 19.4. The molecule has 0 saturated carbocycles. The van der Waals surface area contributed by atoms with Crippen LogP contribution in [0.2, 0.25) is 18.1 Å². The molecule has 0 aliphatic carbocycles. The smallest absolute Gasteiger partial charge is 0.265 e. The van der Waals surface area contributed by atoms with Crippen molar-refractivity contribution in [3.05, 3.63) is 24.4 Å². The molecule has 11 nitrogen and oxygen atoms in total. The molecule has 3 aromatic rings. The topological polar surface area (TPSA) is 131 Å². The molecule has 0 amide bonds. The molecule has 1 aliphatic rings. The maximum atomic E-state index is 11.0. The van der Waals surface area contributed by atoms with Crippen molar-refractivity contribution in [2.24, 2.45) is 5.92 Å². The number of nitrogens with zero attached hydrogens (tertiary/aromatic N) is 5. The Bertz CT molecular complexity index is 1440. The Kier molecular flexibility index (Phi) is 10.2. The normalized spacial score (nSPS) is 18.3. The lowest BCUT2D eigenvalue weighted by Gasteiger charge is -2.36. The number of benzene rings is 1. The SMILES string of the molecule is C[C@@H](CCOCC[C@H](C)n1ncc(-c2nn(C3CCCCO3)c3ccc(O[Si](C)(C)C(C)(C)C)cc23)n1)CS(=O)(=O)O. The molecule has 234 valence electrons. The van der Waals surface area contributed by atoms with E-state index in [4.69, 9.17) is 28.6 Å². The van der Waals surface area contributed by atoms with E-state index in [1.807, 2.05) is 17.7 Å². The van der Waals surface area contributed by atoms with Crippen LogP contribution >= 0.6 is 0 Å². The van der Waals surface area contributed by atoms with E-state index in [1.165, 1.54) is 0 Å². The van der Waals surface area contributed by atoms with Gasteiger partial charge in [0.15, 0.2) is 6.23 Å². The summed E-state index contributed by atoms with van der Waals surface area (Å²) in [5.41, 5.74) is 2.42. The van der Waals surface area contributed by atoms with Crippen LogP contribution in [0.1, 0.15) is 79.0 Å². The standard InChI is InChI=1S/C29H47N5O6SSi/c1-21(20-41(35,36)37)13-16-38-17-14-22(2)34-30-19-25(31-34)28-24-18-23(40-42(6,7)29(3,4)5)11-12-26(24)33(32-28)27-10-8-9-15-39-27/h11-12,18-19,21-22,27H,8-10,13-17,20H2,1-7H3,(H,35,36,37)/t21-,22-,27?/m0/s1. The van der Waals surface area contributed by atoms with E-state index in [-0.39, 0.29) is 29.0 Å². The van der Waals surface area contributed by atoms with Gasteiger partial charge in [-0.1, -0.05) is 27.7 Å². The predicted molar refractivity (Wildman–Crippen MR) is 166 cm³/mol. The van der Waals surface area contributed by atoms with Gasteiger partial charge in [-0.2, -0.15) is 28.5 Å². The fourth-order valence-corrected chi connectivity index (χ4v) is 6.66. The van der Waals surface area contributed by atoms with Gasteiger partial charge in [-0.05, 0) is 81.3 Å². The molecule has 0 spiro atoms. The lowest BCUT2D eigenvalue weighted by atomic mass is 10.1. The summed E-state index contributed by atoms with van der Waals surface area (Å²) in [5, 5.41) is 15.4. The Morgan fingerprint density at radius 1 is 1.14 bits per heavy atom. The summed E-state index contributed by atoms with van der Waals surface area (Å²) < 4.78 is 51.5. The van der Waals surface area contributed by atoms with E-state index in [2.05, 4.69) is 51.1 Å². The summed E-state index contributed by atoms with van der Waals surface area (Å²) in [7, 11) is -6.00. The summed E-state index contributed by atoms with van der Waals surface area (Å²) in [6.45, 7) is 16.6. The fourth-order valence-electron chi connectivity index (χ4n) is 4.75. The minimum absolute atomic E-state index is 0.0125. The lowest BCUT2D eigenvalue weighted by molar-refractivity contribution is -0.0365. The second-order valence-electron chi connectivity index (χ2n) is 13.1. The lowest BCUT2D eigenvalue weighted by Crippen LogP contribution is -2.43. The molecule has 13 heteroatoms.